The van der Waals surface area contributed by atoms with Crippen molar-refractivity contribution < 1.29 is 9.21 Å². The van der Waals surface area contributed by atoms with E-state index in [0.717, 1.165) is 5.76 Å². The molecule has 0 aliphatic heterocycles. The molecule has 5 nitrogen and oxygen atoms in total. The van der Waals surface area contributed by atoms with E-state index in [1.54, 1.807) is 6.20 Å². The minimum atomic E-state index is -0.336. The quantitative estimate of drug-likeness (QED) is 0.729. The van der Waals surface area contributed by atoms with Gasteiger partial charge in [0.15, 0.2) is 5.89 Å². The normalized spacial score (nSPS) is 10.8. The molecule has 1 aromatic rings. The van der Waals surface area contributed by atoms with E-state index < -0.39 is 0 Å². The van der Waals surface area contributed by atoms with Gasteiger partial charge in [0.1, 0.15) is 5.76 Å². The van der Waals surface area contributed by atoms with Crippen LogP contribution >= 0.6 is 0 Å². The number of aryl methyl sites for hydroxylation is 1. The number of hydrogen-bond acceptors (Lipinski definition) is 4. The van der Waals surface area contributed by atoms with Crippen molar-refractivity contribution in [3.8, 4) is 0 Å². The van der Waals surface area contributed by atoms with Crippen molar-refractivity contribution in [2.45, 2.75) is 19.4 Å². The minimum Gasteiger partial charge on any atom is -0.444 e. The van der Waals surface area contributed by atoms with E-state index in [1.807, 2.05) is 19.0 Å². The summed E-state index contributed by atoms with van der Waals surface area (Å²) in [5.41, 5.74) is 5.01. The SMILES string of the molecule is CN(C)Cc1cnc(CCC(N)=O)o1. The van der Waals surface area contributed by atoms with E-state index in [2.05, 4.69) is 4.98 Å². The molecule has 0 bridgehead atoms. The maximum absolute atomic E-state index is 10.5. The molecule has 0 fully saturated rings. The fraction of sp³-hybridized carbons (Fsp3) is 0.556. The number of carbonyl (C=O) groups is 1. The molecule has 0 aliphatic carbocycles. The number of nitrogens with zero attached hydrogens (tertiary/aromatic N) is 2. The van der Waals surface area contributed by atoms with Gasteiger partial charge in [0.05, 0.1) is 12.7 Å². The zero-order chi connectivity index (χ0) is 10.6. The topological polar surface area (TPSA) is 72.4 Å². The molecule has 0 spiro atoms. The molecule has 5 heteroatoms. The van der Waals surface area contributed by atoms with Gasteiger partial charge in [-0.1, -0.05) is 0 Å². The molecule has 0 aliphatic rings. The van der Waals surface area contributed by atoms with Crippen LogP contribution in [0.25, 0.3) is 0 Å². The Morgan fingerprint density at radius 2 is 2.36 bits per heavy atom. The summed E-state index contributed by atoms with van der Waals surface area (Å²) in [5, 5.41) is 0. The van der Waals surface area contributed by atoms with Crippen molar-refractivity contribution >= 4 is 5.91 Å². The Labute approximate surface area is 82.9 Å². The van der Waals surface area contributed by atoms with Crippen LogP contribution in [-0.4, -0.2) is 29.9 Å². The summed E-state index contributed by atoms with van der Waals surface area (Å²) in [6, 6.07) is 0. The molecule has 2 N–H and O–H groups in total. The van der Waals surface area contributed by atoms with Crippen LogP contribution in [0.15, 0.2) is 10.6 Å². The van der Waals surface area contributed by atoms with Gasteiger partial charge >= 0.3 is 0 Å². The van der Waals surface area contributed by atoms with Crippen LogP contribution in [0.3, 0.4) is 0 Å². The lowest BCUT2D eigenvalue weighted by Gasteiger charge is -2.04. The second-order valence-corrected chi connectivity index (χ2v) is 3.42. The molecule has 14 heavy (non-hydrogen) atoms. The Hall–Kier alpha value is -1.36. The van der Waals surface area contributed by atoms with Crippen molar-refractivity contribution in [3.63, 3.8) is 0 Å². The van der Waals surface area contributed by atoms with Gasteiger partial charge in [-0.2, -0.15) is 0 Å². The number of oxazole rings is 1. The van der Waals surface area contributed by atoms with E-state index in [-0.39, 0.29) is 12.3 Å². The molecule has 0 radical (unpaired) electrons. The maximum atomic E-state index is 10.5. The van der Waals surface area contributed by atoms with Gasteiger partial charge in [-0.05, 0) is 14.1 Å². The van der Waals surface area contributed by atoms with E-state index in [4.69, 9.17) is 10.2 Å². The largest absolute Gasteiger partial charge is 0.444 e. The number of primary amides is 1. The van der Waals surface area contributed by atoms with Crippen LogP contribution in [0.5, 0.6) is 0 Å². The molecule has 0 unspecified atom stereocenters. The first-order chi connectivity index (χ1) is 6.58. The van der Waals surface area contributed by atoms with Gasteiger partial charge in [0, 0.05) is 12.8 Å². The molecule has 0 saturated heterocycles. The van der Waals surface area contributed by atoms with Gasteiger partial charge in [0.25, 0.3) is 0 Å². The molecule has 0 atom stereocenters. The zero-order valence-corrected chi connectivity index (χ0v) is 8.49. The third-order valence-electron chi connectivity index (χ3n) is 1.66. The van der Waals surface area contributed by atoms with Crippen molar-refractivity contribution in [3.05, 3.63) is 17.8 Å². The van der Waals surface area contributed by atoms with Gasteiger partial charge in [-0.25, -0.2) is 4.98 Å². The molecule has 0 aromatic carbocycles. The molecular formula is C9H15N3O2. The second kappa shape index (κ2) is 4.76. The molecule has 1 amide bonds. The third kappa shape index (κ3) is 3.57. The summed E-state index contributed by atoms with van der Waals surface area (Å²) < 4.78 is 5.38. The lowest BCUT2D eigenvalue weighted by molar-refractivity contribution is -0.118. The third-order valence-corrected chi connectivity index (χ3v) is 1.66. The molecular weight excluding hydrogens is 182 g/mol. The number of nitrogens with two attached hydrogens (primary N) is 1. The maximum Gasteiger partial charge on any atom is 0.217 e. The van der Waals surface area contributed by atoms with Crippen LogP contribution in [0, 0.1) is 0 Å². The average Bonchev–Trinajstić information content (AvgIpc) is 2.47. The Bertz CT molecular complexity index is 307. The molecule has 0 saturated carbocycles. The predicted molar refractivity (Wildman–Crippen MR) is 51.4 cm³/mol. The zero-order valence-electron chi connectivity index (χ0n) is 8.49. The first kappa shape index (κ1) is 10.7. The molecule has 1 heterocycles. The van der Waals surface area contributed by atoms with Crippen LogP contribution in [-0.2, 0) is 17.8 Å². The summed E-state index contributed by atoms with van der Waals surface area (Å²) in [6.07, 6.45) is 2.43. The number of aromatic nitrogens is 1. The first-order valence-corrected chi connectivity index (χ1v) is 4.44. The lowest BCUT2D eigenvalue weighted by Crippen LogP contribution is -2.11. The van der Waals surface area contributed by atoms with Crippen LogP contribution < -0.4 is 5.73 Å². The highest BCUT2D eigenvalue weighted by molar-refractivity contribution is 5.73. The van der Waals surface area contributed by atoms with Crippen molar-refractivity contribution in [2.24, 2.45) is 5.73 Å². The highest BCUT2D eigenvalue weighted by Crippen LogP contribution is 2.07. The minimum absolute atomic E-state index is 0.280. The number of hydrogen-bond donors (Lipinski definition) is 1. The van der Waals surface area contributed by atoms with Gasteiger partial charge in [-0.15, -0.1) is 0 Å². The molecule has 78 valence electrons. The summed E-state index contributed by atoms with van der Waals surface area (Å²) >= 11 is 0. The van der Waals surface area contributed by atoms with Crippen molar-refractivity contribution in [1.82, 2.24) is 9.88 Å². The highest BCUT2D eigenvalue weighted by Gasteiger charge is 2.05. The van der Waals surface area contributed by atoms with Gasteiger partial charge in [0.2, 0.25) is 5.91 Å². The Kier molecular flexibility index (Phi) is 3.64. The Morgan fingerprint density at radius 3 is 2.93 bits per heavy atom. The summed E-state index contributed by atoms with van der Waals surface area (Å²) in [6.45, 7) is 0.712. The van der Waals surface area contributed by atoms with E-state index >= 15 is 0 Å². The van der Waals surface area contributed by atoms with E-state index in [1.165, 1.54) is 0 Å². The molecule has 1 rings (SSSR count). The van der Waals surface area contributed by atoms with E-state index in [9.17, 15) is 4.79 Å². The Balaban J connectivity index is 2.46. The summed E-state index contributed by atoms with van der Waals surface area (Å²) in [7, 11) is 3.90. The Morgan fingerprint density at radius 1 is 1.64 bits per heavy atom. The first-order valence-electron chi connectivity index (χ1n) is 4.44. The average molecular weight is 197 g/mol. The predicted octanol–water partition coefficient (Wildman–Crippen LogP) is 0.154. The summed E-state index contributed by atoms with van der Waals surface area (Å²) in [4.78, 5) is 16.5. The standard InChI is InChI=1S/C9H15N3O2/c1-12(2)6-7-5-11-9(14-7)4-3-8(10)13/h5H,3-4,6H2,1-2H3,(H2,10,13). The van der Waals surface area contributed by atoms with Gasteiger partial charge < -0.3 is 15.1 Å². The van der Waals surface area contributed by atoms with Crippen LogP contribution in [0.1, 0.15) is 18.1 Å². The highest BCUT2D eigenvalue weighted by atomic mass is 16.4. The smallest absolute Gasteiger partial charge is 0.217 e. The van der Waals surface area contributed by atoms with Crippen molar-refractivity contribution in [2.75, 3.05) is 14.1 Å². The van der Waals surface area contributed by atoms with Crippen LogP contribution in [0.4, 0.5) is 0 Å². The fourth-order valence-electron chi connectivity index (χ4n) is 1.08. The van der Waals surface area contributed by atoms with Crippen molar-refractivity contribution in [1.29, 1.82) is 0 Å². The monoisotopic (exact) mass is 197 g/mol. The fourth-order valence-corrected chi connectivity index (χ4v) is 1.08. The second-order valence-electron chi connectivity index (χ2n) is 3.42. The number of rotatable bonds is 5. The van der Waals surface area contributed by atoms with Gasteiger partial charge in [-0.3, -0.25) is 4.79 Å². The van der Waals surface area contributed by atoms with Crippen LogP contribution in [0.2, 0.25) is 0 Å². The number of carbonyl (C=O) groups excluding carboxylic acids is 1. The number of amides is 1. The molecule has 1 aromatic heterocycles. The lowest BCUT2D eigenvalue weighted by atomic mass is 10.3. The summed E-state index contributed by atoms with van der Waals surface area (Å²) in [5.74, 6) is 1.03. The van der Waals surface area contributed by atoms with E-state index in [0.29, 0.717) is 18.9 Å².